The zero-order valence-electron chi connectivity index (χ0n) is 14.8. The van der Waals surface area contributed by atoms with Gasteiger partial charge in [0.15, 0.2) is 0 Å². The molecule has 3 heterocycles. The first-order valence-electron chi connectivity index (χ1n) is 8.67. The number of aromatic nitrogens is 2. The van der Waals surface area contributed by atoms with Crippen LogP contribution in [0.4, 0.5) is 11.4 Å². The second kappa shape index (κ2) is 7.17. The Bertz CT molecular complexity index is 1120. The SMILES string of the molecule is CCc1ccccc1NC(=O)c1sc2nc(-c3ccccn3)ccc2c1N. The third kappa shape index (κ3) is 3.27. The first-order valence-corrected chi connectivity index (χ1v) is 9.48. The minimum atomic E-state index is -0.212. The van der Waals surface area contributed by atoms with Gasteiger partial charge < -0.3 is 11.1 Å². The van der Waals surface area contributed by atoms with Gasteiger partial charge in [0.1, 0.15) is 9.71 Å². The minimum Gasteiger partial charge on any atom is -0.397 e. The topological polar surface area (TPSA) is 80.9 Å². The number of rotatable bonds is 4. The van der Waals surface area contributed by atoms with Crippen molar-refractivity contribution in [2.45, 2.75) is 13.3 Å². The molecule has 6 heteroatoms. The maximum absolute atomic E-state index is 12.8. The van der Waals surface area contributed by atoms with E-state index in [1.165, 1.54) is 11.3 Å². The summed E-state index contributed by atoms with van der Waals surface area (Å²) in [5.74, 6) is -0.212. The number of para-hydroxylation sites is 1. The average molecular weight is 374 g/mol. The molecule has 0 atom stereocenters. The van der Waals surface area contributed by atoms with E-state index in [0.717, 1.165) is 39.3 Å². The molecule has 4 aromatic rings. The van der Waals surface area contributed by atoms with Crippen molar-refractivity contribution in [2.75, 3.05) is 11.1 Å². The number of hydrogen-bond acceptors (Lipinski definition) is 5. The Labute approximate surface area is 160 Å². The van der Waals surface area contributed by atoms with Crippen LogP contribution in [0, 0.1) is 0 Å². The number of benzene rings is 1. The molecule has 1 amide bonds. The molecule has 134 valence electrons. The summed E-state index contributed by atoms with van der Waals surface area (Å²) in [5, 5.41) is 3.76. The summed E-state index contributed by atoms with van der Waals surface area (Å²) in [6.45, 7) is 2.06. The Morgan fingerprint density at radius 1 is 1.07 bits per heavy atom. The van der Waals surface area contributed by atoms with Gasteiger partial charge in [-0.15, -0.1) is 11.3 Å². The number of carbonyl (C=O) groups excluding carboxylic acids is 1. The summed E-state index contributed by atoms with van der Waals surface area (Å²) in [7, 11) is 0. The van der Waals surface area contributed by atoms with Crippen LogP contribution in [0.2, 0.25) is 0 Å². The van der Waals surface area contributed by atoms with Crippen molar-refractivity contribution in [3.63, 3.8) is 0 Å². The van der Waals surface area contributed by atoms with Crippen molar-refractivity contribution < 1.29 is 4.79 Å². The normalized spacial score (nSPS) is 10.9. The molecule has 0 spiro atoms. The number of thiophene rings is 1. The van der Waals surface area contributed by atoms with Crippen molar-refractivity contribution in [1.82, 2.24) is 9.97 Å². The van der Waals surface area contributed by atoms with Crippen LogP contribution in [0.15, 0.2) is 60.8 Å². The molecule has 0 saturated heterocycles. The number of nitrogens with zero attached hydrogens (tertiary/aromatic N) is 2. The third-order valence-corrected chi connectivity index (χ3v) is 5.49. The molecule has 0 fully saturated rings. The van der Waals surface area contributed by atoms with Gasteiger partial charge in [-0.1, -0.05) is 31.2 Å². The predicted octanol–water partition coefficient (Wildman–Crippen LogP) is 4.76. The molecule has 4 rings (SSSR count). The van der Waals surface area contributed by atoms with Crippen molar-refractivity contribution in [2.24, 2.45) is 0 Å². The second-order valence-corrected chi connectivity index (χ2v) is 7.07. The second-order valence-electron chi connectivity index (χ2n) is 6.07. The lowest BCUT2D eigenvalue weighted by molar-refractivity contribution is 0.103. The molecule has 1 aromatic carbocycles. The highest BCUT2D eigenvalue weighted by molar-refractivity contribution is 7.21. The van der Waals surface area contributed by atoms with E-state index in [9.17, 15) is 4.79 Å². The van der Waals surface area contributed by atoms with Gasteiger partial charge in [0, 0.05) is 17.3 Å². The number of fused-ring (bicyclic) bond motifs is 1. The van der Waals surface area contributed by atoms with E-state index >= 15 is 0 Å². The summed E-state index contributed by atoms with van der Waals surface area (Å²) in [5.41, 5.74) is 10.1. The lowest BCUT2D eigenvalue weighted by Gasteiger charge is -2.09. The summed E-state index contributed by atoms with van der Waals surface area (Å²) in [6.07, 6.45) is 2.57. The number of anilines is 2. The third-order valence-electron chi connectivity index (χ3n) is 4.37. The van der Waals surface area contributed by atoms with Crippen LogP contribution < -0.4 is 11.1 Å². The number of carbonyl (C=O) groups is 1. The zero-order valence-corrected chi connectivity index (χ0v) is 15.6. The highest BCUT2D eigenvalue weighted by Crippen LogP contribution is 2.34. The van der Waals surface area contributed by atoms with Crippen LogP contribution >= 0.6 is 11.3 Å². The van der Waals surface area contributed by atoms with E-state index in [-0.39, 0.29) is 5.91 Å². The number of pyridine rings is 2. The maximum Gasteiger partial charge on any atom is 0.267 e. The van der Waals surface area contributed by atoms with Gasteiger partial charge in [-0.3, -0.25) is 9.78 Å². The van der Waals surface area contributed by atoms with Gasteiger partial charge in [0.25, 0.3) is 5.91 Å². The molecular formula is C21H18N4OS. The van der Waals surface area contributed by atoms with E-state index in [1.807, 2.05) is 54.6 Å². The minimum absolute atomic E-state index is 0.212. The van der Waals surface area contributed by atoms with Gasteiger partial charge in [0.2, 0.25) is 0 Å². The van der Waals surface area contributed by atoms with Gasteiger partial charge in [-0.05, 0) is 42.3 Å². The van der Waals surface area contributed by atoms with Gasteiger partial charge >= 0.3 is 0 Å². The van der Waals surface area contributed by atoms with Crippen LogP contribution in [0.5, 0.6) is 0 Å². The molecule has 3 N–H and O–H groups in total. The van der Waals surface area contributed by atoms with Crippen LogP contribution in [-0.2, 0) is 6.42 Å². The largest absolute Gasteiger partial charge is 0.397 e. The molecule has 5 nitrogen and oxygen atoms in total. The van der Waals surface area contributed by atoms with E-state index in [4.69, 9.17) is 5.73 Å². The first kappa shape index (κ1) is 17.2. The Hall–Kier alpha value is -3.25. The molecule has 0 aliphatic carbocycles. The highest BCUT2D eigenvalue weighted by Gasteiger charge is 2.18. The van der Waals surface area contributed by atoms with Crippen LogP contribution in [0.1, 0.15) is 22.2 Å². The number of hydrogen-bond donors (Lipinski definition) is 2. The fourth-order valence-corrected chi connectivity index (χ4v) is 3.94. The molecule has 3 aromatic heterocycles. The Kier molecular flexibility index (Phi) is 4.56. The molecule has 27 heavy (non-hydrogen) atoms. The monoisotopic (exact) mass is 374 g/mol. The Balaban J connectivity index is 1.70. The highest BCUT2D eigenvalue weighted by atomic mass is 32.1. The summed E-state index contributed by atoms with van der Waals surface area (Å²) in [4.78, 5) is 23.0. The van der Waals surface area contributed by atoms with Crippen molar-refractivity contribution in [1.29, 1.82) is 0 Å². The predicted molar refractivity (Wildman–Crippen MR) is 111 cm³/mol. The first-order chi connectivity index (χ1) is 13.2. The molecular weight excluding hydrogens is 356 g/mol. The van der Waals surface area contributed by atoms with E-state index in [2.05, 4.69) is 22.2 Å². The number of nitrogens with one attached hydrogen (secondary N) is 1. The van der Waals surface area contributed by atoms with E-state index in [1.54, 1.807) is 6.20 Å². The molecule has 0 radical (unpaired) electrons. The summed E-state index contributed by atoms with van der Waals surface area (Å²) in [6, 6.07) is 17.2. The smallest absolute Gasteiger partial charge is 0.267 e. The van der Waals surface area contributed by atoms with E-state index < -0.39 is 0 Å². The molecule has 0 aliphatic rings. The molecule has 0 unspecified atom stereocenters. The van der Waals surface area contributed by atoms with Gasteiger partial charge in [-0.25, -0.2) is 4.98 Å². The lowest BCUT2D eigenvalue weighted by Crippen LogP contribution is -2.13. The standard InChI is InChI=1S/C21H18N4OS/c1-2-13-7-3-4-8-15(13)24-20(26)19-18(22)14-10-11-17(25-21(14)27-19)16-9-5-6-12-23-16/h3-12H,2,22H2,1H3,(H,24,26). The lowest BCUT2D eigenvalue weighted by atomic mass is 10.1. The molecule has 0 aliphatic heterocycles. The van der Waals surface area contributed by atoms with Gasteiger partial charge in [-0.2, -0.15) is 0 Å². The quantitative estimate of drug-likeness (QED) is 0.540. The molecule has 0 saturated carbocycles. The molecule has 0 bridgehead atoms. The summed E-state index contributed by atoms with van der Waals surface area (Å²) >= 11 is 1.30. The summed E-state index contributed by atoms with van der Waals surface area (Å²) < 4.78 is 0. The maximum atomic E-state index is 12.8. The number of nitrogen functional groups attached to an aromatic ring is 1. The van der Waals surface area contributed by atoms with Crippen LogP contribution in [-0.4, -0.2) is 15.9 Å². The van der Waals surface area contributed by atoms with E-state index in [0.29, 0.717) is 10.6 Å². The van der Waals surface area contributed by atoms with Gasteiger partial charge in [0.05, 0.1) is 17.1 Å². The Morgan fingerprint density at radius 2 is 1.89 bits per heavy atom. The number of aryl methyl sites for hydroxylation is 1. The van der Waals surface area contributed by atoms with Crippen LogP contribution in [0.25, 0.3) is 21.6 Å². The number of nitrogens with two attached hydrogens (primary N) is 1. The van der Waals surface area contributed by atoms with Crippen molar-refractivity contribution >= 4 is 38.8 Å². The average Bonchev–Trinajstić information content (AvgIpc) is 3.05. The Morgan fingerprint density at radius 3 is 2.67 bits per heavy atom. The fraction of sp³-hybridized carbons (Fsp3) is 0.0952. The number of amides is 1. The zero-order chi connectivity index (χ0) is 18.8. The van der Waals surface area contributed by atoms with Crippen molar-refractivity contribution in [3.8, 4) is 11.4 Å². The van der Waals surface area contributed by atoms with Crippen molar-refractivity contribution in [3.05, 3.63) is 71.2 Å². The fourth-order valence-electron chi connectivity index (χ4n) is 2.95. The van der Waals surface area contributed by atoms with Crippen LogP contribution in [0.3, 0.4) is 0 Å².